The second kappa shape index (κ2) is 3.85. The fourth-order valence-electron chi connectivity index (χ4n) is 2.08. The highest BCUT2D eigenvalue weighted by molar-refractivity contribution is 5.71. The first kappa shape index (κ1) is 10.3. The lowest BCUT2D eigenvalue weighted by molar-refractivity contribution is -0.880. The fraction of sp³-hybridized carbons (Fsp3) is 0.500. The van der Waals surface area contributed by atoms with Gasteiger partial charge in [0, 0.05) is 0 Å². The molecule has 0 amide bonds. The van der Waals surface area contributed by atoms with Gasteiger partial charge in [0.15, 0.2) is 11.2 Å². The van der Waals surface area contributed by atoms with E-state index in [-0.39, 0.29) is 5.56 Å². The van der Waals surface area contributed by atoms with Crippen LogP contribution in [0, 0.1) is 0 Å². The molecular formula is C10H15N6O+. The number of aromatic amines is 2. The van der Waals surface area contributed by atoms with Crippen molar-refractivity contribution < 1.29 is 4.90 Å². The summed E-state index contributed by atoms with van der Waals surface area (Å²) in [6.07, 6.45) is 1.38. The first-order chi connectivity index (χ1) is 8.24. The summed E-state index contributed by atoms with van der Waals surface area (Å²) in [7, 11) is 2.18. The number of piperazine rings is 1. The lowest BCUT2D eigenvalue weighted by Gasteiger charge is -2.29. The van der Waals surface area contributed by atoms with Crippen molar-refractivity contribution in [3.05, 3.63) is 16.7 Å². The molecule has 1 aliphatic rings. The SMILES string of the molecule is C[NH+]1CCN(c2nc3nc[nH]c(=O)c3[nH]2)CC1. The van der Waals surface area contributed by atoms with E-state index in [1.165, 1.54) is 11.2 Å². The average molecular weight is 235 g/mol. The summed E-state index contributed by atoms with van der Waals surface area (Å²) in [4.78, 5) is 29.2. The zero-order valence-electron chi connectivity index (χ0n) is 9.66. The Hall–Kier alpha value is -1.89. The normalized spacial score (nSPS) is 17.8. The Morgan fingerprint density at radius 3 is 2.88 bits per heavy atom. The number of hydrogen-bond acceptors (Lipinski definition) is 4. The van der Waals surface area contributed by atoms with Crippen molar-refractivity contribution in [1.82, 2.24) is 19.9 Å². The third kappa shape index (κ3) is 1.78. The van der Waals surface area contributed by atoms with Gasteiger partial charge in [-0.15, -0.1) is 0 Å². The number of H-pyrrole nitrogens is 2. The van der Waals surface area contributed by atoms with Gasteiger partial charge >= 0.3 is 0 Å². The molecule has 1 aliphatic heterocycles. The van der Waals surface area contributed by atoms with Gasteiger partial charge in [-0.25, -0.2) is 4.98 Å². The topological polar surface area (TPSA) is 82.1 Å². The van der Waals surface area contributed by atoms with Crippen molar-refractivity contribution in [2.45, 2.75) is 0 Å². The summed E-state index contributed by atoms with van der Waals surface area (Å²) in [5.41, 5.74) is 0.761. The monoisotopic (exact) mass is 235 g/mol. The van der Waals surface area contributed by atoms with Gasteiger partial charge < -0.3 is 19.8 Å². The number of anilines is 1. The standard InChI is InChI=1S/C10H14N6O/c1-15-2-4-16(5-3-15)10-13-7-8(14-10)11-6-12-9(7)17/h6H,2-5H2,1H3,(H2,11,12,13,14,17)/p+1. The predicted octanol–water partition coefficient (Wildman–Crippen LogP) is -2.02. The van der Waals surface area contributed by atoms with Gasteiger partial charge in [0.1, 0.15) is 0 Å². The van der Waals surface area contributed by atoms with Gasteiger partial charge in [0.2, 0.25) is 5.95 Å². The zero-order chi connectivity index (χ0) is 11.8. The van der Waals surface area contributed by atoms with Crippen LogP contribution >= 0.6 is 0 Å². The number of hydrogen-bond donors (Lipinski definition) is 3. The van der Waals surface area contributed by atoms with E-state index in [2.05, 4.69) is 31.9 Å². The summed E-state index contributed by atoms with van der Waals surface area (Å²) in [5, 5.41) is 0. The minimum Gasteiger partial charge on any atom is -0.334 e. The molecule has 17 heavy (non-hydrogen) atoms. The van der Waals surface area contributed by atoms with Gasteiger partial charge in [-0.3, -0.25) is 4.79 Å². The smallest absolute Gasteiger partial charge is 0.276 e. The Kier molecular flexibility index (Phi) is 2.32. The molecule has 7 heteroatoms. The van der Waals surface area contributed by atoms with Gasteiger partial charge in [0.25, 0.3) is 5.56 Å². The Morgan fingerprint density at radius 1 is 1.41 bits per heavy atom. The minimum absolute atomic E-state index is 0.173. The summed E-state index contributed by atoms with van der Waals surface area (Å²) < 4.78 is 0. The van der Waals surface area contributed by atoms with E-state index in [1.54, 1.807) is 0 Å². The second-order valence-electron chi connectivity index (χ2n) is 4.43. The van der Waals surface area contributed by atoms with Crippen molar-refractivity contribution in [3.63, 3.8) is 0 Å². The molecule has 0 aromatic carbocycles. The quantitative estimate of drug-likeness (QED) is 0.533. The van der Waals surface area contributed by atoms with Crippen molar-refractivity contribution >= 4 is 17.1 Å². The molecule has 2 aromatic rings. The number of rotatable bonds is 1. The van der Waals surface area contributed by atoms with Crippen LogP contribution in [0.2, 0.25) is 0 Å². The molecule has 90 valence electrons. The van der Waals surface area contributed by atoms with E-state index in [1.807, 2.05) is 0 Å². The molecule has 3 N–H and O–H groups in total. The van der Waals surface area contributed by atoms with Gasteiger partial charge in [-0.2, -0.15) is 4.98 Å². The average Bonchev–Trinajstić information content (AvgIpc) is 2.75. The van der Waals surface area contributed by atoms with Crippen LogP contribution in [-0.2, 0) is 0 Å². The molecule has 0 saturated carbocycles. The highest BCUT2D eigenvalue weighted by atomic mass is 16.1. The van der Waals surface area contributed by atoms with E-state index >= 15 is 0 Å². The molecule has 0 spiro atoms. The summed E-state index contributed by atoms with van der Waals surface area (Å²) in [5.74, 6) is 0.747. The van der Waals surface area contributed by atoms with Crippen molar-refractivity contribution in [1.29, 1.82) is 0 Å². The van der Waals surface area contributed by atoms with Crippen molar-refractivity contribution in [2.75, 3.05) is 38.1 Å². The molecule has 3 rings (SSSR count). The fourth-order valence-corrected chi connectivity index (χ4v) is 2.08. The van der Waals surface area contributed by atoms with Gasteiger partial charge in [0.05, 0.1) is 39.6 Å². The van der Waals surface area contributed by atoms with Crippen LogP contribution in [0.1, 0.15) is 0 Å². The predicted molar refractivity (Wildman–Crippen MR) is 63.3 cm³/mol. The molecule has 0 bridgehead atoms. The number of nitrogens with one attached hydrogen (secondary N) is 3. The van der Waals surface area contributed by atoms with E-state index in [4.69, 9.17) is 0 Å². The molecule has 1 saturated heterocycles. The van der Waals surface area contributed by atoms with Gasteiger partial charge in [-0.05, 0) is 0 Å². The number of imidazole rings is 1. The summed E-state index contributed by atoms with van der Waals surface area (Å²) in [6.45, 7) is 4.06. The Bertz CT molecular complexity index is 580. The van der Waals surface area contributed by atoms with Crippen LogP contribution < -0.4 is 15.4 Å². The number of fused-ring (bicyclic) bond motifs is 1. The largest absolute Gasteiger partial charge is 0.334 e. The maximum absolute atomic E-state index is 11.5. The highest BCUT2D eigenvalue weighted by Crippen LogP contribution is 2.11. The maximum Gasteiger partial charge on any atom is 0.276 e. The molecule has 0 aliphatic carbocycles. The van der Waals surface area contributed by atoms with Gasteiger partial charge in [-0.1, -0.05) is 0 Å². The van der Waals surface area contributed by atoms with E-state index < -0.39 is 0 Å². The van der Waals surface area contributed by atoms with Crippen LogP contribution in [0.25, 0.3) is 11.2 Å². The molecule has 1 fully saturated rings. The first-order valence-corrected chi connectivity index (χ1v) is 5.73. The van der Waals surface area contributed by atoms with Crippen LogP contribution in [0.15, 0.2) is 11.1 Å². The highest BCUT2D eigenvalue weighted by Gasteiger charge is 2.20. The third-order valence-corrected chi connectivity index (χ3v) is 3.20. The molecule has 3 heterocycles. The molecule has 0 radical (unpaired) electrons. The van der Waals surface area contributed by atoms with Crippen LogP contribution in [-0.4, -0.2) is 53.2 Å². The Labute approximate surface area is 97.5 Å². The molecular weight excluding hydrogens is 220 g/mol. The summed E-state index contributed by atoms with van der Waals surface area (Å²) >= 11 is 0. The molecule has 7 nitrogen and oxygen atoms in total. The van der Waals surface area contributed by atoms with Crippen molar-refractivity contribution in [2.24, 2.45) is 0 Å². The summed E-state index contributed by atoms with van der Waals surface area (Å²) in [6, 6.07) is 0. The van der Waals surface area contributed by atoms with Crippen LogP contribution in [0.3, 0.4) is 0 Å². The number of nitrogens with zero attached hydrogens (tertiary/aromatic N) is 3. The maximum atomic E-state index is 11.5. The van der Waals surface area contributed by atoms with Crippen LogP contribution in [0.4, 0.5) is 5.95 Å². The van der Waals surface area contributed by atoms with E-state index in [0.717, 1.165) is 32.1 Å². The molecule has 0 unspecified atom stereocenters. The lowest BCUT2D eigenvalue weighted by Crippen LogP contribution is -3.12. The second-order valence-corrected chi connectivity index (χ2v) is 4.43. The number of aromatic nitrogens is 4. The number of likely N-dealkylation sites (N-methyl/N-ethyl adjacent to an activating group) is 1. The number of quaternary nitrogens is 1. The van der Waals surface area contributed by atoms with Crippen molar-refractivity contribution in [3.8, 4) is 0 Å². The lowest BCUT2D eigenvalue weighted by atomic mass is 10.3. The van der Waals surface area contributed by atoms with E-state index in [0.29, 0.717) is 11.2 Å². The molecule has 0 atom stereocenters. The Balaban J connectivity index is 1.96. The molecule has 2 aromatic heterocycles. The first-order valence-electron chi connectivity index (χ1n) is 5.73. The van der Waals surface area contributed by atoms with Crippen LogP contribution in [0.5, 0.6) is 0 Å². The third-order valence-electron chi connectivity index (χ3n) is 3.20. The Morgan fingerprint density at radius 2 is 2.18 bits per heavy atom. The minimum atomic E-state index is -0.173. The zero-order valence-corrected chi connectivity index (χ0v) is 9.66. The van der Waals surface area contributed by atoms with E-state index in [9.17, 15) is 4.79 Å².